The average Bonchev–Trinajstić information content (AvgIpc) is 3.05. The van der Waals surface area contributed by atoms with Crippen LogP contribution in [0.1, 0.15) is 29.4 Å². The predicted octanol–water partition coefficient (Wildman–Crippen LogP) is 0.469. The third-order valence-corrected chi connectivity index (χ3v) is 5.22. The van der Waals surface area contributed by atoms with E-state index in [0.29, 0.717) is 49.9 Å². The number of rotatable bonds is 6. The summed E-state index contributed by atoms with van der Waals surface area (Å²) in [4.78, 5) is 30.8. The Balaban J connectivity index is 1.73. The van der Waals surface area contributed by atoms with Gasteiger partial charge in [-0.3, -0.25) is 14.5 Å². The molecule has 0 atom stereocenters. The molecule has 0 radical (unpaired) electrons. The van der Waals surface area contributed by atoms with E-state index >= 15 is 0 Å². The zero-order valence-electron chi connectivity index (χ0n) is 18.0. The Morgan fingerprint density at radius 2 is 1.93 bits per heavy atom. The number of nitrogens with zero attached hydrogens (tertiary/aromatic N) is 7. The van der Waals surface area contributed by atoms with Crippen LogP contribution < -0.4 is 4.74 Å². The van der Waals surface area contributed by atoms with E-state index < -0.39 is 0 Å². The number of carbonyl (C=O) groups is 2. The molecule has 10 heteroatoms. The minimum Gasteiger partial charge on any atom is -0.480 e. The van der Waals surface area contributed by atoms with Crippen LogP contribution in [0.3, 0.4) is 0 Å². The fourth-order valence-electron chi connectivity index (χ4n) is 3.46. The molecule has 1 aliphatic heterocycles. The molecule has 0 aromatic carbocycles. The molecule has 30 heavy (non-hydrogen) atoms. The van der Waals surface area contributed by atoms with Crippen LogP contribution in [0.5, 0.6) is 5.88 Å². The van der Waals surface area contributed by atoms with Crippen molar-refractivity contribution in [3.05, 3.63) is 29.6 Å². The van der Waals surface area contributed by atoms with Crippen molar-refractivity contribution in [2.45, 2.75) is 19.8 Å². The van der Waals surface area contributed by atoms with E-state index in [-0.39, 0.29) is 11.8 Å². The zero-order chi connectivity index (χ0) is 21.7. The van der Waals surface area contributed by atoms with Crippen molar-refractivity contribution in [3.8, 4) is 11.7 Å². The fourth-order valence-corrected chi connectivity index (χ4v) is 3.46. The number of hydrogen-bond donors (Lipinski definition) is 0. The van der Waals surface area contributed by atoms with Crippen LogP contribution in [-0.4, -0.2) is 100 Å². The predicted molar refractivity (Wildman–Crippen MR) is 111 cm³/mol. The highest BCUT2D eigenvalue weighted by atomic mass is 16.5. The second kappa shape index (κ2) is 9.66. The van der Waals surface area contributed by atoms with E-state index in [9.17, 15) is 9.59 Å². The molecule has 162 valence electrons. The van der Waals surface area contributed by atoms with Crippen LogP contribution in [-0.2, 0) is 11.2 Å². The van der Waals surface area contributed by atoms with Gasteiger partial charge in [-0.25, -0.2) is 4.68 Å². The second-order valence-electron chi connectivity index (χ2n) is 7.41. The molecule has 2 aromatic rings. The van der Waals surface area contributed by atoms with E-state index in [2.05, 4.69) is 20.2 Å². The quantitative estimate of drug-likeness (QED) is 0.677. The lowest BCUT2D eigenvalue weighted by atomic mass is 10.1. The lowest BCUT2D eigenvalue weighted by molar-refractivity contribution is -0.129. The summed E-state index contributed by atoms with van der Waals surface area (Å²) >= 11 is 0. The summed E-state index contributed by atoms with van der Waals surface area (Å²) in [6.45, 7) is 5.07. The minimum absolute atomic E-state index is 0.0413. The van der Waals surface area contributed by atoms with Gasteiger partial charge in [-0.15, -0.1) is 10.2 Å². The highest BCUT2D eigenvalue weighted by Crippen LogP contribution is 2.18. The molecule has 3 rings (SSSR count). The van der Waals surface area contributed by atoms with Gasteiger partial charge >= 0.3 is 0 Å². The number of carbonyl (C=O) groups excluding carboxylic acids is 2. The SMILES string of the molecule is CCc1c(C(=O)N2CCCN(CC(=O)N(C)C)CC2)cnn1-c1ccc(OC)nn1. The lowest BCUT2D eigenvalue weighted by Gasteiger charge is -2.22. The number of hydrogen-bond acceptors (Lipinski definition) is 7. The highest BCUT2D eigenvalue weighted by Gasteiger charge is 2.25. The van der Waals surface area contributed by atoms with Crippen molar-refractivity contribution in [2.75, 3.05) is 53.9 Å². The van der Waals surface area contributed by atoms with Gasteiger partial charge in [0.25, 0.3) is 5.91 Å². The van der Waals surface area contributed by atoms with Gasteiger partial charge in [-0.2, -0.15) is 5.10 Å². The van der Waals surface area contributed by atoms with Crippen LogP contribution in [0.4, 0.5) is 0 Å². The number of aromatic nitrogens is 4. The second-order valence-corrected chi connectivity index (χ2v) is 7.41. The van der Waals surface area contributed by atoms with Crippen molar-refractivity contribution >= 4 is 11.8 Å². The van der Waals surface area contributed by atoms with E-state index in [0.717, 1.165) is 18.7 Å². The molecule has 3 heterocycles. The molecule has 0 unspecified atom stereocenters. The lowest BCUT2D eigenvalue weighted by Crippen LogP contribution is -2.39. The molecule has 1 aliphatic rings. The standard InChI is InChI=1S/C20H29N7O3/c1-5-16-15(13-21-27(16)17-7-8-18(30-4)23-22-17)20(29)26-10-6-9-25(11-12-26)14-19(28)24(2)3/h7-8,13H,5-6,9-12,14H2,1-4H3. The molecule has 0 bridgehead atoms. The minimum atomic E-state index is -0.0413. The van der Waals surface area contributed by atoms with E-state index in [1.54, 1.807) is 42.0 Å². The summed E-state index contributed by atoms with van der Waals surface area (Å²) in [6.07, 6.45) is 3.06. The maximum Gasteiger partial charge on any atom is 0.257 e. The number of ether oxygens (including phenoxy) is 1. The molecule has 2 amide bonds. The van der Waals surface area contributed by atoms with Crippen molar-refractivity contribution in [1.82, 2.24) is 34.7 Å². The van der Waals surface area contributed by atoms with Crippen LogP contribution in [0.25, 0.3) is 5.82 Å². The van der Waals surface area contributed by atoms with Gasteiger partial charge in [-0.1, -0.05) is 6.92 Å². The van der Waals surface area contributed by atoms with Gasteiger partial charge < -0.3 is 14.5 Å². The van der Waals surface area contributed by atoms with Crippen LogP contribution in [0, 0.1) is 0 Å². The van der Waals surface area contributed by atoms with Gasteiger partial charge in [0, 0.05) is 46.3 Å². The normalized spacial score (nSPS) is 15.0. The summed E-state index contributed by atoms with van der Waals surface area (Å²) in [5.41, 5.74) is 1.37. The summed E-state index contributed by atoms with van der Waals surface area (Å²) in [5.74, 6) is 0.989. The van der Waals surface area contributed by atoms with Gasteiger partial charge in [0.05, 0.1) is 31.1 Å². The van der Waals surface area contributed by atoms with E-state index in [1.165, 1.54) is 7.11 Å². The van der Waals surface area contributed by atoms with Gasteiger partial charge in [-0.05, 0) is 18.9 Å². The van der Waals surface area contributed by atoms with E-state index in [4.69, 9.17) is 4.74 Å². The molecule has 0 N–H and O–H groups in total. The first-order chi connectivity index (χ1) is 14.4. The molecule has 2 aromatic heterocycles. The maximum atomic E-state index is 13.2. The summed E-state index contributed by atoms with van der Waals surface area (Å²) in [5, 5.41) is 12.5. The van der Waals surface area contributed by atoms with E-state index in [1.807, 2.05) is 11.8 Å². The Bertz CT molecular complexity index is 879. The Kier molecular flexibility index (Phi) is 6.99. The molecule has 0 saturated carbocycles. The van der Waals surface area contributed by atoms with Gasteiger partial charge in [0.2, 0.25) is 11.8 Å². The largest absolute Gasteiger partial charge is 0.480 e. The molecule has 1 saturated heterocycles. The Morgan fingerprint density at radius 1 is 1.13 bits per heavy atom. The van der Waals surface area contributed by atoms with Crippen LogP contribution in [0.2, 0.25) is 0 Å². The molecule has 0 aliphatic carbocycles. The Labute approximate surface area is 176 Å². The van der Waals surface area contributed by atoms with Crippen molar-refractivity contribution < 1.29 is 14.3 Å². The third kappa shape index (κ3) is 4.76. The first-order valence-corrected chi connectivity index (χ1v) is 10.1. The smallest absolute Gasteiger partial charge is 0.257 e. The van der Waals surface area contributed by atoms with Crippen molar-refractivity contribution in [1.29, 1.82) is 0 Å². The topological polar surface area (TPSA) is 96.7 Å². The number of methoxy groups -OCH3 is 1. The highest BCUT2D eigenvalue weighted by molar-refractivity contribution is 5.95. The zero-order valence-corrected chi connectivity index (χ0v) is 18.0. The monoisotopic (exact) mass is 415 g/mol. The Hall–Kier alpha value is -3.01. The molecular formula is C20H29N7O3. The maximum absolute atomic E-state index is 13.2. The first-order valence-electron chi connectivity index (χ1n) is 10.1. The van der Waals surface area contributed by atoms with Crippen molar-refractivity contribution in [3.63, 3.8) is 0 Å². The molecule has 1 fully saturated rings. The third-order valence-electron chi connectivity index (χ3n) is 5.22. The number of amides is 2. The van der Waals surface area contributed by atoms with Gasteiger partial charge in [0.1, 0.15) is 0 Å². The molecular weight excluding hydrogens is 386 g/mol. The molecule has 10 nitrogen and oxygen atoms in total. The van der Waals surface area contributed by atoms with Crippen LogP contribution >= 0.6 is 0 Å². The average molecular weight is 415 g/mol. The summed E-state index contributed by atoms with van der Waals surface area (Å²) in [6, 6.07) is 3.47. The fraction of sp³-hybridized carbons (Fsp3) is 0.550. The van der Waals surface area contributed by atoms with Gasteiger partial charge in [0.15, 0.2) is 5.82 Å². The summed E-state index contributed by atoms with van der Waals surface area (Å²) < 4.78 is 6.70. The van der Waals surface area contributed by atoms with Crippen molar-refractivity contribution in [2.24, 2.45) is 0 Å². The Morgan fingerprint density at radius 3 is 2.57 bits per heavy atom. The summed E-state index contributed by atoms with van der Waals surface area (Å²) in [7, 11) is 5.05. The number of likely N-dealkylation sites (N-methyl/N-ethyl adjacent to an activating group) is 1. The first kappa shape index (κ1) is 21.7. The molecule has 0 spiro atoms. The van der Waals surface area contributed by atoms with Crippen LogP contribution in [0.15, 0.2) is 18.3 Å².